The van der Waals surface area contributed by atoms with Gasteiger partial charge in [0.05, 0.1) is 24.5 Å². The molecular formula is C19H18FN5O4. The van der Waals surface area contributed by atoms with Crippen LogP contribution in [0.15, 0.2) is 41.2 Å². The number of aromatic nitrogens is 3. The monoisotopic (exact) mass is 399 g/mol. The lowest BCUT2D eigenvalue weighted by Crippen LogP contribution is -2.33. The van der Waals surface area contributed by atoms with E-state index in [-0.39, 0.29) is 19.0 Å². The van der Waals surface area contributed by atoms with Gasteiger partial charge in [0, 0.05) is 31.8 Å². The Morgan fingerprint density at radius 2 is 2.21 bits per heavy atom. The third-order valence-electron chi connectivity index (χ3n) is 4.45. The molecule has 1 saturated heterocycles. The summed E-state index contributed by atoms with van der Waals surface area (Å²) < 4.78 is 26.5. The summed E-state index contributed by atoms with van der Waals surface area (Å²) in [5.74, 6) is 0.143. The minimum atomic E-state index is -0.580. The SMILES string of the molecule is CC(=O)NC[C@H]1CN(c2ccc(-n3ccc(-c4noc(C)n4)c3)c(F)c2)C(=O)O1. The predicted octanol–water partition coefficient (Wildman–Crippen LogP) is 2.44. The average Bonchev–Trinajstić information content (AvgIpc) is 3.39. The number of rotatable bonds is 5. The van der Waals surface area contributed by atoms with Crippen molar-refractivity contribution in [1.29, 1.82) is 0 Å². The number of halogens is 1. The minimum Gasteiger partial charge on any atom is -0.442 e. The zero-order valence-corrected chi connectivity index (χ0v) is 15.8. The van der Waals surface area contributed by atoms with Crippen LogP contribution in [0, 0.1) is 12.7 Å². The molecule has 10 heteroatoms. The van der Waals surface area contributed by atoms with Crippen LogP contribution in [0.4, 0.5) is 14.9 Å². The van der Waals surface area contributed by atoms with Gasteiger partial charge >= 0.3 is 6.09 Å². The van der Waals surface area contributed by atoms with E-state index in [4.69, 9.17) is 9.26 Å². The molecule has 1 aromatic carbocycles. The molecule has 4 rings (SSSR count). The van der Waals surface area contributed by atoms with E-state index >= 15 is 0 Å². The Bertz CT molecular complexity index is 1080. The number of aryl methyl sites for hydroxylation is 1. The molecule has 1 aliphatic heterocycles. The van der Waals surface area contributed by atoms with Gasteiger partial charge in [-0.3, -0.25) is 9.69 Å². The van der Waals surface area contributed by atoms with Crippen molar-refractivity contribution >= 4 is 17.7 Å². The molecule has 0 saturated carbocycles. The van der Waals surface area contributed by atoms with Crippen LogP contribution in [0.2, 0.25) is 0 Å². The number of ether oxygens (including phenoxy) is 1. The molecule has 1 atom stereocenters. The zero-order chi connectivity index (χ0) is 20.5. The van der Waals surface area contributed by atoms with Crippen LogP contribution in [0.5, 0.6) is 0 Å². The van der Waals surface area contributed by atoms with Crippen molar-refractivity contribution in [2.45, 2.75) is 20.0 Å². The molecule has 1 N–H and O–H groups in total. The Hall–Kier alpha value is -3.69. The lowest BCUT2D eigenvalue weighted by atomic mass is 10.2. The molecule has 0 radical (unpaired) electrons. The van der Waals surface area contributed by atoms with Crippen molar-refractivity contribution in [2.75, 3.05) is 18.0 Å². The highest BCUT2D eigenvalue weighted by atomic mass is 19.1. The van der Waals surface area contributed by atoms with Gasteiger partial charge in [0.15, 0.2) is 0 Å². The number of hydrogen-bond acceptors (Lipinski definition) is 6. The van der Waals surface area contributed by atoms with Gasteiger partial charge in [-0.2, -0.15) is 4.98 Å². The van der Waals surface area contributed by atoms with Gasteiger partial charge in [-0.15, -0.1) is 0 Å². The highest BCUT2D eigenvalue weighted by Crippen LogP contribution is 2.27. The van der Waals surface area contributed by atoms with Crippen LogP contribution in [0.25, 0.3) is 17.1 Å². The zero-order valence-electron chi connectivity index (χ0n) is 15.8. The van der Waals surface area contributed by atoms with E-state index < -0.39 is 18.0 Å². The van der Waals surface area contributed by atoms with Crippen molar-refractivity contribution in [2.24, 2.45) is 0 Å². The van der Waals surface area contributed by atoms with Gasteiger partial charge in [0.1, 0.15) is 11.9 Å². The van der Waals surface area contributed by atoms with Crippen LogP contribution < -0.4 is 10.2 Å². The van der Waals surface area contributed by atoms with Crippen LogP contribution in [0.1, 0.15) is 12.8 Å². The molecule has 0 bridgehead atoms. The first-order valence-electron chi connectivity index (χ1n) is 8.92. The number of carbonyl (C=O) groups is 2. The smallest absolute Gasteiger partial charge is 0.414 e. The lowest BCUT2D eigenvalue weighted by molar-refractivity contribution is -0.119. The second-order valence-corrected chi connectivity index (χ2v) is 6.63. The van der Waals surface area contributed by atoms with Gasteiger partial charge in [0.2, 0.25) is 17.6 Å². The molecule has 9 nitrogen and oxygen atoms in total. The first-order chi connectivity index (χ1) is 13.9. The molecule has 29 heavy (non-hydrogen) atoms. The number of benzene rings is 1. The first kappa shape index (κ1) is 18.7. The summed E-state index contributed by atoms with van der Waals surface area (Å²) in [6, 6.07) is 6.24. The molecule has 3 aromatic rings. The number of nitrogens with one attached hydrogen (secondary N) is 1. The topological polar surface area (TPSA) is 102 Å². The summed E-state index contributed by atoms with van der Waals surface area (Å²) in [4.78, 5) is 28.6. The summed E-state index contributed by atoms with van der Waals surface area (Å²) >= 11 is 0. The van der Waals surface area contributed by atoms with E-state index in [1.807, 2.05) is 0 Å². The van der Waals surface area contributed by atoms with Gasteiger partial charge in [-0.05, 0) is 24.3 Å². The lowest BCUT2D eigenvalue weighted by Gasteiger charge is -2.14. The number of amides is 2. The van der Waals surface area contributed by atoms with Crippen LogP contribution in [-0.4, -0.2) is 45.9 Å². The quantitative estimate of drug-likeness (QED) is 0.707. The average molecular weight is 399 g/mol. The number of nitrogens with zero attached hydrogens (tertiary/aromatic N) is 4. The highest BCUT2D eigenvalue weighted by Gasteiger charge is 2.32. The summed E-state index contributed by atoms with van der Waals surface area (Å²) in [5.41, 5.74) is 1.37. The Balaban J connectivity index is 1.52. The molecule has 3 heterocycles. The number of cyclic esters (lactones) is 1. The summed E-state index contributed by atoms with van der Waals surface area (Å²) in [5, 5.41) is 6.45. The fourth-order valence-corrected chi connectivity index (χ4v) is 3.06. The molecular weight excluding hydrogens is 381 g/mol. The van der Waals surface area contributed by atoms with Crippen LogP contribution >= 0.6 is 0 Å². The third kappa shape index (κ3) is 3.82. The largest absolute Gasteiger partial charge is 0.442 e. The molecule has 2 aromatic heterocycles. The second-order valence-electron chi connectivity index (χ2n) is 6.63. The third-order valence-corrected chi connectivity index (χ3v) is 4.45. The highest BCUT2D eigenvalue weighted by molar-refractivity contribution is 5.90. The standard InChI is InChI=1S/C19H18FN5O4/c1-11(26)21-8-15-10-25(19(27)28-15)14-3-4-17(16(20)7-14)24-6-5-13(9-24)18-22-12(2)29-23-18/h3-7,9,15H,8,10H2,1-2H3,(H,21,26)/t15-/m0/s1. The van der Waals surface area contributed by atoms with E-state index in [1.165, 1.54) is 17.9 Å². The molecule has 0 spiro atoms. The van der Waals surface area contributed by atoms with Crippen molar-refractivity contribution in [3.63, 3.8) is 0 Å². The molecule has 1 aliphatic rings. The maximum Gasteiger partial charge on any atom is 0.414 e. The Morgan fingerprint density at radius 1 is 1.38 bits per heavy atom. The maximum absolute atomic E-state index is 14.8. The maximum atomic E-state index is 14.8. The molecule has 2 amide bonds. The van der Waals surface area contributed by atoms with E-state index in [9.17, 15) is 14.0 Å². The van der Waals surface area contributed by atoms with Crippen molar-refractivity contribution in [3.8, 4) is 17.1 Å². The van der Waals surface area contributed by atoms with Gasteiger partial charge in [-0.25, -0.2) is 9.18 Å². The summed E-state index contributed by atoms with van der Waals surface area (Å²) in [6.45, 7) is 3.51. The van der Waals surface area contributed by atoms with Crippen molar-refractivity contribution in [1.82, 2.24) is 20.0 Å². The van der Waals surface area contributed by atoms with E-state index in [2.05, 4.69) is 15.5 Å². The molecule has 1 fully saturated rings. The summed E-state index contributed by atoms with van der Waals surface area (Å²) in [7, 11) is 0. The Morgan fingerprint density at radius 3 is 2.90 bits per heavy atom. The molecule has 0 aliphatic carbocycles. The van der Waals surface area contributed by atoms with Gasteiger partial charge in [-0.1, -0.05) is 5.16 Å². The van der Waals surface area contributed by atoms with Crippen molar-refractivity contribution in [3.05, 3.63) is 48.4 Å². The second kappa shape index (κ2) is 7.38. The minimum absolute atomic E-state index is 0.208. The van der Waals surface area contributed by atoms with E-state index in [0.717, 1.165) is 0 Å². The van der Waals surface area contributed by atoms with Gasteiger partial charge in [0.25, 0.3) is 0 Å². The number of hydrogen-bond donors (Lipinski definition) is 1. The van der Waals surface area contributed by atoms with Crippen molar-refractivity contribution < 1.29 is 23.2 Å². The number of anilines is 1. The summed E-state index contributed by atoms with van der Waals surface area (Å²) in [6.07, 6.45) is 2.31. The fraction of sp³-hybridized carbons (Fsp3) is 0.263. The van der Waals surface area contributed by atoms with Crippen LogP contribution in [0.3, 0.4) is 0 Å². The predicted molar refractivity (Wildman–Crippen MR) is 100 cm³/mol. The number of carbonyl (C=O) groups excluding carboxylic acids is 2. The Labute approximate surface area is 165 Å². The first-order valence-corrected chi connectivity index (χ1v) is 8.92. The van der Waals surface area contributed by atoms with E-state index in [1.54, 1.807) is 42.1 Å². The fourth-order valence-electron chi connectivity index (χ4n) is 3.06. The normalized spacial score (nSPS) is 16.2. The molecule has 0 unspecified atom stereocenters. The van der Waals surface area contributed by atoms with E-state index in [0.29, 0.717) is 28.7 Å². The molecule has 150 valence electrons. The Kier molecular flexibility index (Phi) is 4.75. The van der Waals surface area contributed by atoms with Gasteiger partial charge < -0.3 is 19.1 Å². The van der Waals surface area contributed by atoms with Crippen LogP contribution in [-0.2, 0) is 9.53 Å².